The number of aryl methyl sites for hydroxylation is 1. The number of fused-ring (bicyclic) bond motifs is 1. The number of sulfonamides is 1. The molecule has 3 rings (SSSR count). The molecule has 1 aliphatic rings. The zero-order chi connectivity index (χ0) is 22.6. The summed E-state index contributed by atoms with van der Waals surface area (Å²) in [6, 6.07) is 4.45. The lowest BCUT2D eigenvalue weighted by Crippen LogP contribution is -2.38. The number of nitrogens with zero attached hydrogens (tertiary/aromatic N) is 3. The number of carbonyl (C=O) groups is 1. The minimum Gasteiger partial charge on any atom is -0.379 e. The fourth-order valence-electron chi connectivity index (χ4n) is 3.60. The number of nitrogens with one attached hydrogen (secondary N) is 1. The van der Waals surface area contributed by atoms with Gasteiger partial charge in [0.2, 0.25) is 15.5 Å². The number of rotatable bonds is 8. The highest BCUT2D eigenvalue weighted by molar-refractivity contribution is 7.89. The van der Waals surface area contributed by atoms with Crippen molar-refractivity contribution in [2.75, 3.05) is 53.5 Å². The fraction of sp³-hybridized carbons (Fsp3) is 0.524. The maximum absolute atomic E-state index is 13.1. The molecule has 2 aromatic rings. The third kappa shape index (κ3) is 5.15. The van der Waals surface area contributed by atoms with E-state index in [4.69, 9.17) is 4.74 Å². The zero-order valence-electron chi connectivity index (χ0n) is 18.3. The Hall–Kier alpha value is -2.27. The van der Waals surface area contributed by atoms with Gasteiger partial charge in [-0.2, -0.15) is 0 Å². The molecule has 9 nitrogen and oxygen atoms in total. The van der Waals surface area contributed by atoms with E-state index in [2.05, 4.69) is 10.2 Å². The van der Waals surface area contributed by atoms with Gasteiger partial charge in [-0.25, -0.2) is 12.7 Å². The average molecular weight is 451 g/mol. The van der Waals surface area contributed by atoms with Gasteiger partial charge in [-0.05, 0) is 38.1 Å². The predicted octanol–water partition coefficient (Wildman–Crippen LogP) is 0.724. The highest BCUT2D eigenvalue weighted by Crippen LogP contribution is 2.20. The summed E-state index contributed by atoms with van der Waals surface area (Å²) in [4.78, 5) is 28.1. The Kier molecular flexibility index (Phi) is 7.47. The Morgan fingerprint density at radius 3 is 2.58 bits per heavy atom. The Balaban J connectivity index is 1.83. The van der Waals surface area contributed by atoms with E-state index in [1.165, 1.54) is 26.2 Å². The maximum Gasteiger partial charge on any atom is 0.256 e. The van der Waals surface area contributed by atoms with Crippen LogP contribution in [0.3, 0.4) is 0 Å². The molecule has 10 heteroatoms. The lowest BCUT2D eigenvalue weighted by molar-refractivity contribution is 0.0374. The topological polar surface area (TPSA) is 101 Å². The third-order valence-electron chi connectivity index (χ3n) is 5.46. The van der Waals surface area contributed by atoms with Crippen molar-refractivity contribution >= 4 is 26.8 Å². The van der Waals surface area contributed by atoms with Crippen LogP contribution in [0.25, 0.3) is 10.9 Å². The molecular formula is C21H30N4O5S. The minimum atomic E-state index is -3.70. The molecule has 0 unspecified atom stereocenters. The number of carbonyl (C=O) groups excluding carboxylic acids is 1. The van der Waals surface area contributed by atoms with Crippen molar-refractivity contribution in [2.45, 2.75) is 24.8 Å². The van der Waals surface area contributed by atoms with E-state index in [9.17, 15) is 18.0 Å². The number of aromatic nitrogens is 1. The van der Waals surface area contributed by atoms with Gasteiger partial charge >= 0.3 is 0 Å². The molecular weight excluding hydrogens is 420 g/mol. The number of pyridine rings is 1. The van der Waals surface area contributed by atoms with Crippen LogP contribution in [0.4, 0.5) is 0 Å². The van der Waals surface area contributed by atoms with E-state index in [0.29, 0.717) is 18.6 Å². The van der Waals surface area contributed by atoms with Gasteiger partial charge in [0.25, 0.3) is 5.91 Å². The number of hydrogen-bond acceptors (Lipinski definition) is 6. The lowest BCUT2D eigenvalue weighted by atomic mass is 10.1. The summed E-state index contributed by atoms with van der Waals surface area (Å²) in [5.41, 5.74) is 0.135. The molecule has 0 atom stereocenters. The molecule has 1 fully saturated rings. The van der Waals surface area contributed by atoms with E-state index in [1.54, 1.807) is 16.8 Å². The van der Waals surface area contributed by atoms with Gasteiger partial charge in [0.1, 0.15) is 5.56 Å². The number of amides is 1. The Bertz CT molecular complexity index is 1100. The molecule has 0 saturated carbocycles. The minimum absolute atomic E-state index is 0.0140. The molecule has 31 heavy (non-hydrogen) atoms. The van der Waals surface area contributed by atoms with Gasteiger partial charge in [-0.1, -0.05) is 0 Å². The maximum atomic E-state index is 13.1. The summed E-state index contributed by atoms with van der Waals surface area (Å²) < 4.78 is 33.2. The van der Waals surface area contributed by atoms with Gasteiger partial charge in [0, 0.05) is 51.9 Å². The number of benzene rings is 1. The predicted molar refractivity (Wildman–Crippen MR) is 119 cm³/mol. The zero-order valence-corrected chi connectivity index (χ0v) is 19.1. The second-order valence-electron chi connectivity index (χ2n) is 7.69. The molecule has 1 aromatic carbocycles. The molecule has 0 aliphatic carbocycles. The van der Waals surface area contributed by atoms with Crippen LogP contribution in [0.2, 0.25) is 0 Å². The van der Waals surface area contributed by atoms with Gasteiger partial charge in [0.05, 0.1) is 23.6 Å². The van der Waals surface area contributed by atoms with Crippen LogP contribution in [0.15, 0.2) is 34.1 Å². The van der Waals surface area contributed by atoms with E-state index in [1.807, 2.05) is 6.92 Å². The normalized spacial score (nSPS) is 15.5. The van der Waals surface area contributed by atoms with Crippen molar-refractivity contribution in [3.05, 3.63) is 40.2 Å². The summed E-state index contributed by atoms with van der Waals surface area (Å²) >= 11 is 0. The number of morpholine rings is 1. The first-order valence-corrected chi connectivity index (χ1v) is 11.9. The summed E-state index contributed by atoms with van der Waals surface area (Å²) in [7, 11) is -0.825. The van der Waals surface area contributed by atoms with E-state index in [-0.39, 0.29) is 15.8 Å². The van der Waals surface area contributed by atoms with Crippen molar-refractivity contribution in [3.63, 3.8) is 0 Å². The van der Waals surface area contributed by atoms with Crippen molar-refractivity contribution in [1.82, 2.24) is 19.1 Å². The summed E-state index contributed by atoms with van der Waals surface area (Å²) in [5, 5.41) is 3.04. The second kappa shape index (κ2) is 9.90. The standard InChI is InChI=1S/C21H30N4O5S/c1-4-25-15-18(21(27)22-8-5-9-24-10-12-30-13-11-24)20(26)17-14-16(6-7-19(17)25)31(28,29)23(2)3/h6-7,14-15H,4-5,8-13H2,1-3H3,(H,22,27). The Morgan fingerprint density at radius 1 is 1.23 bits per heavy atom. The van der Waals surface area contributed by atoms with Crippen LogP contribution >= 0.6 is 0 Å². The molecule has 1 aromatic heterocycles. The van der Waals surface area contributed by atoms with Gasteiger partial charge in [-0.3, -0.25) is 14.5 Å². The van der Waals surface area contributed by atoms with Crippen LogP contribution in [-0.4, -0.2) is 81.6 Å². The molecule has 0 spiro atoms. The highest BCUT2D eigenvalue weighted by Gasteiger charge is 2.21. The summed E-state index contributed by atoms with van der Waals surface area (Å²) in [6.07, 6.45) is 2.31. The molecule has 1 amide bonds. The van der Waals surface area contributed by atoms with Crippen LogP contribution in [-0.2, 0) is 21.3 Å². The summed E-state index contributed by atoms with van der Waals surface area (Å²) in [5.74, 6) is -0.447. The van der Waals surface area contributed by atoms with Crippen LogP contribution in [0.1, 0.15) is 23.7 Å². The monoisotopic (exact) mass is 450 g/mol. The molecule has 0 radical (unpaired) electrons. The van der Waals surface area contributed by atoms with E-state index >= 15 is 0 Å². The molecule has 170 valence electrons. The first-order chi connectivity index (χ1) is 14.8. The average Bonchev–Trinajstić information content (AvgIpc) is 2.77. The van der Waals surface area contributed by atoms with Gasteiger partial charge in [-0.15, -0.1) is 0 Å². The van der Waals surface area contributed by atoms with Gasteiger partial charge in [0.15, 0.2) is 0 Å². The molecule has 1 saturated heterocycles. The quantitative estimate of drug-likeness (QED) is 0.595. The fourth-order valence-corrected chi connectivity index (χ4v) is 4.52. The van der Waals surface area contributed by atoms with E-state index < -0.39 is 21.4 Å². The van der Waals surface area contributed by atoms with Crippen LogP contribution < -0.4 is 10.7 Å². The van der Waals surface area contributed by atoms with Crippen LogP contribution in [0, 0.1) is 0 Å². The Labute approximate surface area is 182 Å². The van der Waals surface area contributed by atoms with Gasteiger partial charge < -0.3 is 14.6 Å². The molecule has 2 heterocycles. The SMILES string of the molecule is CCn1cc(C(=O)NCCCN2CCOCC2)c(=O)c2cc(S(=O)(=O)N(C)C)ccc21. The van der Waals surface area contributed by atoms with Crippen molar-refractivity contribution < 1.29 is 17.9 Å². The Morgan fingerprint density at radius 2 is 1.94 bits per heavy atom. The number of hydrogen-bond donors (Lipinski definition) is 1. The second-order valence-corrected chi connectivity index (χ2v) is 9.84. The molecule has 0 bridgehead atoms. The number of ether oxygens (including phenoxy) is 1. The van der Waals surface area contributed by atoms with Crippen LogP contribution in [0.5, 0.6) is 0 Å². The third-order valence-corrected chi connectivity index (χ3v) is 7.27. The highest BCUT2D eigenvalue weighted by atomic mass is 32.2. The van der Waals surface area contributed by atoms with E-state index in [0.717, 1.165) is 43.6 Å². The van der Waals surface area contributed by atoms with Crippen molar-refractivity contribution in [3.8, 4) is 0 Å². The largest absolute Gasteiger partial charge is 0.379 e. The first-order valence-electron chi connectivity index (χ1n) is 10.4. The van der Waals surface area contributed by atoms with Crippen molar-refractivity contribution in [2.24, 2.45) is 0 Å². The lowest BCUT2D eigenvalue weighted by Gasteiger charge is -2.26. The smallest absolute Gasteiger partial charge is 0.256 e. The molecule has 1 aliphatic heterocycles. The van der Waals surface area contributed by atoms with Crippen molar-refractivity contribution in [1.29, 1.82) is 0 Å². The summed E-state index contributed by atoms with van der Waals surface area (Å²) in [6.45, 7) is 6.97. The first kappa shape index (κ1) is 23.4. The molecule has 1 N–H and O–H groups in total.